The molecule has 4 heteroatoms. The lowest BCUT2D eigenvalue weighted by Gasteiger charge is -2.23. The quantitative estimate of drug-likeness (QED) is 0.654. The highest BCUT2D eigenvalue weighted by molar-refractivity contribution is 6.34. The van der Waals surface area contributed by atoms with Gasteiger partial charge in [-0.3, -0.25) is 10.2 Å². The van der Waals surface area contributed by atoms with Gasteiger partial charge in [0.05, 0.1) is 5.71 Å². The SMILES string of the molecule is N=C(C=O)/C1=C(\N)C(Cc2cccc(Cl)c2)CCCCC1. The molecule has 0 saturated heterocycles. The minimum absolute atomic E-state index is 0.0329. The molecule has 1 atom stereocenters. The third-order valence-corrected chi connectivity index (χ3v) is 4.32. The molecule has 0 amide bonds. The van der Waals surface area contributed by atoms with Crippen LogP contribution in [0.15, 0.2) is 35.5 Å². The molecule has 0 spiro atoms. The van der Waals surface area contributed by atoms with E-state index in [0.29, 0.717) is 12.0 Å². The van der Waals surface area contributed by atoms with Crippen molar-refractivity contribution in [2.24, 2.45) is 11.7 Å². The van der Waals surface area contributed by atoms with Gasteiger partial charge in [-0.25, -0.2) is 0 Å². The molecule has 1 aliphatic rings. The summed E-state index contributed by atoms with van der Waals surface area (Å²) in [5, 5.41) is 8.53. The number of aldehydes is 1. The molecule has 0 bridgehead atoms. The zero-order chi connectivity index (χ0) is 15.2. The second-order valence-corrected chi connectivity index (χ2v) is 6.03. The van der Waals surface area contributed by atoms with Crippen molar-refractivity contribution < 1.29 is 4.79 Å². The van der Waals surface area contributed by atoms with E-state index in [9.17, 15) is 4.79 Å². The number of carbonyl (C=O) groups is 1. The molecule has 0 aliphatic heterocycles. The van der Waals surface area contributed by atoms with E-state index in [1.54, 1.807) is 0 Å². The molecule has 112 valence electrons. The second-order valence-electron chi connectivity index (χ2n) is 5.60. The topological polar surface area (TPSA) is 66.9 Å². The molecule has 0 fully saturated rings. The number of hydrogen-bond acceptors (Lipinski definition) is 3. The molecule has 2 rings (SSSR count). The summed E-state index contributed by atoms with van der Waals surface area (Å²) in [5.41, 5.74) is 8.93. The zero-order valence-corrected chi connectivity index (χ0v) is 12.8. The van der Waals surface area contributed by atoms with E-state index in [1.165, 1.54) is 0 Å². The van der Waals surface area contributed by atoms with E-state index in [-0.39, 0.29) is 11.6 Å². The van der Waals surface area contributed by atoms with Gasteiger partial charge in [-0.15, -0.1) is 0 Å². The molecule has 0 aromatic heterocycles. The summed E-state index contributed by atoms with van der Waals surface area (Å²) in [7, 11) is 0. The average Bonchev–Trinajstić information content (AvgIpc) is 2.46. The monoisotopic (exact) mass is 304 g/mol. The van der Waals surface area contributed by atoms with Crippen LogP contribution in [0.25, 0.3) is 0 Å². The van der Waals surface area contributed by atoms with Gasteiger partial charge >= 0.3 is 0 Å². The van der Waals surface area contributed by atoms with Crippen molar-refractivity contribution in [3.05, 3.63) is 46.1 Å². The first kappa shape index (κ1) is 15.8. The van der Waals surface area contributed by atoms with Crippen LogP contribution in [0.5, 0.6) is 0 Å². The Morgan fingerprint density at radius 2 is 2.19 bits per heavy atom. The van der Waals surface area contributed by atoms with Crippen LogP contribution in [0.3, 0.4) is 0 Å². The van der Waals surface area contributed by atoms with Gasteiger partial charge in [0.15, 0.2) is 6.29 Å². The molecule has 1 unspecified atom stereocenters. The summed E-state index contributed by atoms with van der Waals surface area (Å²) in [6.45, 7) is 0. The summed E-state index contributed by atoms with van der Waals surface area (Å²) >= 11 is 6.04. The van der Waals surface area contributed by atoms with Crippen molar-refractivity contribution >= 4 is 23.6 Å². The van der Waals surface area contributed by atoms with Gasteiger partial charge in [-0.1, -0.05) is 36.6 Å². The zero-order valence-electron chi connectivity index (χ0n) is 12.1. The van der Waals surface area contributed by atoms with Crippen molar-refractivity contribution in [3.8, 4) is 0 Å². The van der Waals surface area contributed by atoms with Gasteiger partial charge in [-0.05, 0) is 49.0 Å². The highest BCUT2D eigenvalue weighted by Crippen LogP contribution is 2.28. The minimum atomic E-state index is 0.0329. The predicted octanol–water partition coefficient (Wildman–Crippen LogP) is 3.89. The van der Waals surface area contributed by atoms with Crippen molar-refractivity contribution in [1.29, 1.82) is 5.41 Å². The Kier molecular flexibility index (Phi) is 5.57. The van der Waals surface area contributed by atoms with Gasteiger partial charge in [0.25, 0.3) is 0 Å². The van der Waals surface area contributed by atoms with Gasteiger partial charge in [0.2, 0.25) is 0 Å². The van der Waals surface area contributed by atoms with Gasteiger partial charge in [0, 0.05) is 16.6 Å². The number of nitrogens with one attached hydrogen (secondary N) is 1. The summed E-state index contributed by atoms with van der Waals surface area (Å²) < 4.78 is 0. The highest BCUT2D eigenvalue weighted by atomic mass is 35.5. The van der Waals surface area contributed by atoms with Crippen LogP contribution in [0.1, 0.15) is 37.7 Å². The first-order valence-corrected chi connectivity index (χ1v) is 7.76. The molecule has 1 aliphatic carbocycles. The largest absolute Gasteiger partial charge is 0.402 e. The highest BCUT2D eigenvalue weighted by Gasteiger charge is 2.20. The average molecular weight is 305 g/mol. The summed E-state index contributed by atoms with van der Waals surface area (Å²) in [6, 6.07) is 7.80. The number of carbonyl (C=O) groups excluding carboxylic acids is 1. The lowest BCUT2D eigenvalue weighted by molar-refractivity contribution is -0.102. The van der Waals surface area contributed by atoms with Crippen LogP contribution in [0.2, 0.25) is 5.02 Å². The molecule has 0 radical (unpaired) electrons. The van der Waals surface area contributed by atoms with Crippen molar-refractivity contribution in [2.45, 2.75) is 38.5 Å². The van der Waals surface area contributed by atoms with Gasteiger partial charge < -0.3 is 5.73 Å². The fraction of sp³-hybridized carbons (Fsp3) is 0.412. The minimum Gasteiger partial charge on any atom is -0.402 e. The van der Waals surface area contributed by atoms with Crippen LogP contribution in [-0.4, -0.2) is 12.0 Å². The third-order valence-electron chi connectivity index (χ3n) is 4.08. The van der Waals surface area contributed by atoms with E-state index < -0.39 is 0 Å². The molecular formula is C17H21ClN2O. The van der Waals surface area contributed by atoms with Crippen LogP contribution in [0.4, 0.5) is 0 Å². The summed E-state index contributed by atoms with van der Waals surface area (Å²) in [6.07, 6.45) is 6.38. The maximum atomic E-state index is 10.9. The van der Waals surface area contributed by atoms with Crippen LogP contribution in [-0.2, 0) is 11.2 Å². The lowest BCUT2D eigenvalue weighted by Crippen LogP contribution is -2.22. The molecule has 21 heavy (non-hydrogen) atoms. The standard InChI is InChI=1S/C17H21ClN2O/c18-14-7-4-5-12(10-14)9-13-6-2-1-3-8-15(17(13)20)16(19)11-21/h4-5,7,10-11,13,19H,1-3,6,8-9,20H2/b17-15-,19-16?. The molecule has 3 N–H and O–H groups in total. The molecule has 1 aromatic rings. The molecule has 3 nitrogen and oxygen atoms in total. The summed E-state index contributed by atoms with van der Waals surface area (Å²) in [5.74, 6) is 0.180. The second kappa shape index (κ2) is 7.41. The maximum Gasteiger partial charge on any atom is 0.168 e. The predicted molar refractivity (Wildman–Crippen MR) is 86.7 cm³/mol. The van der Waals surface area contributed by atoms with E-state index in [0.717, 1.165) is 54.7 Å². The van der Waals surface area contributed by atoms with E-state index in [2.05, 4.69) is 0 Å². The van der Waals surface area contributed by atoms with Crippen molar-refractivity contribution in [3.63, 3.8) is 0 Å². The van der Waals surface area contributed by atoms with Crippen molar-refractivity contribution in [1.82, 2.24) is 0 Å². The Balaban J connectivity index is 2.27. The van der Waals surface area contributed by atoms with Crippen LogP contribution in [0, 0.1) is 11.3 Å². The number of benzene rings is 1. The molecule has 0 heterocycles. The summed E-state index contributed by atoms with van der Waals surface area (Å²) in [4.78, 5) is 10.9. The van der Waals surface area contributed by atoms with Gasteiger partial charge in [0.1, 0.15) is 0 Å². The number of nitrogens with two attached hydrogens (primary N) is 1. The Morgan fingerprint density at radius 3 is 2.90 bits per heavy atom. The van der Waals surface area contributed by atoms with Crippen molar-refractivity contribution in [2.75, 3.05) is 0 Å². The van der Waals surface area contributed by atoms with E-state index >= 15 is 0 Å². The number of hydrogen-bond donors (Lipinski definition) is 2. The fourth-order valence-corrected chi connectivity index (χ4v) is 3.15. The molecular weight excluding hydrogens is 284 g/mol. The first-order valence-electron chi connectivity index (χ1n) is 7.39. The fourth-order valence-electron chi connectivity index (χ4n) is 2.94. The number of rotatable bonds is 4. The van der Waals surface area contributed by atoms with Crippen LogP contribution < -0.4 is 5.73 Å². The maximum absolute atomic E-state index is 10.9. The lowest BCUT2D eigenvalue weighted by atomic mass is 9.84. The normalized spacial score (nSPS) is 23.2. The Morgan fingerprint density at radius 1 is 1.38 bits per heavy atom. The van der Waals surface area contributed by atoms with E-state index in [1.807, 2.05) is 24.3 Å². The Bertz CT molecular complexity index is 566. The molecule has 0 saturated carbocycles. The Labute approximate surface area is 130 Å². The van der Waals surface area contributed by atoms with Gasteiger partial charge in [-0.2, -0.15) is 0 Å². The Hall–Kier alpha value is -1.61. The van der Waals surface area contributed by atoms with Crippen LogP contribution >= 0.6 is 11.6 Å². The smallest absolute Gasteiger partial charge is 0.168 e. The first-order chi connectivity index (χ1) is 10.1. The number of halogens is 1. The molecule has 1 aromatic carbocycles. The number of allylic oxidation sites excluding steroid dienone is 2. The third kappa shape index (κ3) is 4.18. The van der Waals surface area contributed by atoms with E-state index in [4.69, 9.17) is 22.7 Å².